The summed E-state index contributed by atoms with van der Waals surface area (Å²) in [6.45, 7) is 0.706. The summed E-state index contributed by atoms with van der Waals surface area (Å²) in [5.74, 6) is -2.47. The van der Waals surface area contributed by atoms with Crippen LogP contribution in [0.3, 0.4) is 0 Å². The number of piperidine rings is 1. The second kappa shape index (κ2) is 8.69. The minimum atomic E-state index is -0.968. The smallest absolute Gasteiger partial charge is 0.273 e. The van der Waals surface area contributed by atoms with Crippen LogP contribution in [-0.2, 0) is 5.41 Å². The highest BCUT2D eigenvalue weighted by Gasteiger charge is 2.40. The molecule has 1 aromatic heterocycles. The van der Waals surface area contributed by atoms with Crippen LogP contribution in [0.25, 0.3) is 0 Å². The number of carbonyl (C=O) groups is 1. The molecule has 0 atom stereocenters. The van der Waals surface area contributed by atoms with E-state index >= 15 is 0 Å². The SMILES string of the molecule is N#CN=C(N)N1CCC(CNC(=O)c2nccnc2N)(c2cccc(F)c2F)CC1. The van der Waals surface area contributed by atoms with Crippen LogP contribution < -0.4 is 16.8 Å². The fourth-order valence-corrected chi connectivity index (χ4v) is 3.60. The van der Waals surface area contributed by atoms with Crippen molar-refractivity contribution in [2.24, 2.45) is 10.7 Å². The van der Waals surface area contributed by atoms with E-state index in [4.69, 9.17) is 16.7 Å². The van der Waals surface area contributed by atoms with Gasteiger partial charge in [-0.05, 0) is 24.5 Å². The molecule has 2 aromatic rings. The van der Waals surface area contributed by atoms with Crippen molar-refractivity contribution in [1.29, 1.82) is 5.26 Å². The van der Waals surface area contributed by atoms with Crippen molar-refractivity contribution in [2.45, 2.75) is 18.3 Å². The number of anilines is 1. The van der Waals surface area contributed by atoms with E-state index in [-0.39, 0.29) is 29.6 Å². The Hall–Kier alpha value is -3.81. The zero-order valence-corrected chi connectivity index (χ0v) is 16.0. The van der Waals surface area contributed by atoms with Gasteiger partial charge in [0.15, 0.2) is 23.1 Å². The summed E-state index contributed by atoms with van der Waals surface area (Å²) in [5.41, 5.74) is 10.7. The summed E-state index contributed by atoms with van der Waals surface area (Å²) in [5, 5.41) is 11.4. The van der Waals surface area contributed by atoms with Crippen molar-refractivity contribution >= 4 is 17.7 Å². The molecule has 0 saturated carbocycles. The number of nitrogen functional groups attached to an aromatic ring is 1. The van der Waals surface area contributed by atoms with Gasteiger partial charge in [0.25, 0.3) is 5.91 Å². The van der Waals surface area contributed by atoms with E-state index in [1.54, 1.807) is 11.1 Å². The first kappa shape index (κ1) is 20.9. The van der Waals surface area contributed by atoms with Crippen LogP contribution in [0.15, 0.2) is 35.6 Å². The zero-order valence-electron chi connectivity index (χ0n) is 16.0. The van der Waals surface area contributed by atoms with Gasteiger partial charge in [-0.2, -0.15) is 5.26 Å². The van der Waals surface area contributed by atoms with Crippen LogP contribution in [0.5, 0.6) is 0 Å². The van der Waals surface area contributed by atoms with Crippen molar-refractivity contribution in [1.82, 2.24) is 20.2 Å². The molecule has 0 radical (unpaired) electrons. The number of guanidine groups is 1. The average Bonchev–Trinajstić information content (AvgIpc) is 2.75. The normalized spacial score (nSPS) is 16.0. The lowest BCUT2D eigenvalue weighted by molar-refractivity contribution is 0.0926. The van der Waals surface area contributed by atoms with Crippen molar-refractivity contribution in [3.63, 3.8) is 0 Å². The number of halogens is 2. The molecule has 0 unspecified atom stereocenters. The first-order valence-electron chi connectivity index (χ1n) is 9.14. The second-order valence-corrected chi connectivity index (χ2v) is 6.91. The third-order valence-electron chi connectivity index (χ3n) is 5.26. The Labute approximate surface area is 171 Å². The molecule has 2 heterocycles. The first-order chi connectivity index (χ1) is 14.4. The Morgan fingerprint density at radius 3 is 2.67 bits per heavy atom. The Morgan fingerprint density at radius 1 is 1.30 bits per heavy atom. The lowest BCUT2D eigenvalue weighted by atomic mass is 9.72. The summed E-state index contributed by atoms with van der Waals surface area (Å²) in [4.78, 5) is 25.5. The first-order valence-corrected chi connectivity index (χ1v) is 9.14. The molecule has 5 N–H and O–H groups in total. The van der Waals surface area contributed by atoms with Gasteiger partial charge in [-0.3, -0.25) is 4.79 Å². The Balaban J connectivity index is 1.87. The Kier molecular flexibility index (Phi) is 6.06. The number of nitrogens with one attached hydrogen (secondary N) is 1. The third-order valence-corrected chi connectivity index (χ3v) is 5.26. The molecule has 1 aliphatic rings. The van der Waals surface area contributed by atoms with Crippen LogP contribution in [0, 0.1) is 23.1 Å². The van der Waals surface area contributed by atoms with Gasteiger partial charge in [0.05, 0.1) is 0 Å². The number of nitrogens with two attached hydrogens (primary N) is 2. The number of aliphatic imine (C=N–C) groups is 1. The molecule has 9 nitrogen and oxygen atoms in total. The predicted octanol–water partition coefficient (Wildman–Crippen LogP) is 0.896. The Morgan fingerprint density at radius 2 is 2.00 bits per heavy atom. The third kappa shape index (κ3) is 4.12. The average molecular weight is 414 g/mol. The zero-order chi connectivity index (χ0) is 21.7. The fourth-order valence-electron chi connectivity index (χ4n) is 3.60. The minimum Gasteiger partial charge on any atom is -0.382 e. The van der Waals surface area contributed by atoms with E-state index in [9.17, 15) is 13.6 Å². The van der Waals surface area contributed by atoms with Gasteiger partial charge in [0, 0.05) is 37.4 Å². The van der Waals surface area contributed by atoms with Crippen LogP contribution in [0.1, 0.15) is 28.9 Å². The summed E-state index contributed by atoms with van der Waals surface area (Å²) in [7, 11) is 0. The van der Waals surface area contributed by atoms with Crippen molar-refractivity contribution in [3.05, 3.63) is 53.5 Å². The molecule has 11 heteroatoms. The standard InChI is InChI=1S/C19H20F2N8O/c20-13-3-1-2-12(14(13)21)19(4-8-29(9-5-19)18(24)28-11-22)10-27-17(30)15-16(23)26-7-6-25-15/h1-3,6-7H,4-5,8-10H2,(H2,23,26)(H2,24,28)(H,27,30). The molecule has 1 aromatic carbocycles. The molecule has 0 spiro atoms. The van der Waals surface area contributed by atoms with E-state index in [0.29, 0.717) is 25.9 Å². The van der Waals surface area contributed by atoms with Gasteiger partial charge in [-0.1, -0.05) is 12.1 Å². The molecular weight excluding hydrogens is 394 g/mol. The van der Waals surface area contributed by atoms with Crippen molar-refractivity contribution < 1.29 is 13.6 Å². The lowest BCUT2D eigenvalue weighted by Crippen LogP contribution is -2.52. The number of hydrogen-bond donors (Lipinski definition) is 3. The maximum absolute atomic E-state index is 14.7. The number of carbonyl (C=O) groups excluding carboxylic acids is 1. The predicted molar refractivity (Wildman–Crippen MR) is 105 cm³/mol. The quantitative estimate of drug-likeness (QED) is 0.383. The highest BCUT2D eigenvalue weighted by atomic mass is 19.2. The number of hydrogen-bond acceptors (Lipinski definition) is 6. The van der Waals surface area contributed by atoms with Gasteiger partial charge in [-0.25, -0.2) is 18.7 Å². The maximum atomic E-state index is 14.7. The Bertz CT molecular complexity index is 1010. The number of aromatic nitrogens is 2. The molecule has 1 fully saturated rings. The minimum absolute atomic E-state index is 0.0192. The molecule has 1 aliphatic heterocycles. The van der Waals surface area contributed by atoms with Gasteiger partial charge < -0.3 is 21.7 Å². The molecule has 0 bridgehead atoms. The number of rotatable bonds is 4. The second-order valence-electron chi connectivity index (χ2n) is 6.91. The summed E-state index contributed by atoms with van der Waals surface area (Å²) < 4.78 is 28.6. The fraction of sp³-hybridized carbons (Fsp3) is 0.316. The maximum Gasteiger partial charge on any atom is 0.273 e. The number of likely N-dealkylation sites (tertiary alicyclic amines) is 1. The van der Waals surface area contributed by atoms with Crippen LogP contribution in [0.2, 0.25) is 0 Å². The molecule has 1 saturated heterocycles. The van der Waals surface area contributed by atoms with Gasteiger partial charge in [0.1, 0.15) is 0 Å². The highest BCUT2D eigenvalue weighted by molar-refractivity contribution is 5.96. The molecular formula is C19H20F2N8O. The van der Waals surface area contributed by atoms with E-state index < -0.39 is 23.0 Å². The molecule has 30 heavy (non-hydrogen) atoms. The summed E-state index contributed by atoms with van der Waals surface area (Å²) in [6.07, 6.45) is 5.00. The molecule has 156 valence electrons. The lowest BCUT2D eigenvalue weighted by Gasteiger charge is -2.42. The topological polar surface area (TPSA) is 146 Å². The van der Waals surface area contributed by atoms with E-state index in [2.05, 4.69) is 20.3 Å². The van der Waals surface area contributed by atoms with E-state index in [1.807, 2.05) is 0 Å². The number of nitrogens with zero attached hydrogens (tertiary/aromatic N) is 5. The molecule has 1 amide bonds. The summed E-state index contributed by atoms with van der Waals surface area (Å²) >= 11 is 0. The van der Waals surface area contributed by atoms with Crippen LogP contribution in [0.4, 0.5) is 14.6 Å². The highest BCUT2D eigenvalue weighted by Crippen LogP contribution is 2.37. The summed E-state index contributed by atoms with van der Waals surface area (Å²) in [6, 6.07) is 3.97. The monoisotopic (exact) mass is 414 g/mol. The number of benzene rings is 1. The number of amides is 1. The van der Waals surface area contributed by atoms with Gasteiger partial charge >= 0.3 is 0 Å². The largest absolute Gasteiger partial charge is 0.382 e. The molecule has 0 aliphatic carbocycles. The van der Waals surface area contributed by atoms with Crippen LogP contribution in [-0.4, -0.2) is 46.4 Å². The van der Waals surface area contributed by atoms with Crippen LogP contribution >= 0.6 is 0 Å². The van der Waals surface area contributed by atoms with Crippen molar-refractivity contribution in [2.75, 3.05) is 25.4 Å². The van der Waals surface area contributed by atoms with Gasteiger partial charge in [-0.15, -0.1) is 4.99 Å². The van der Waals surface area contributed by atoms with Crippen molar-refractivity contribution in [3.8, 4) is 6.19 Å². The molecule has 3 rings (SSSR count). The number of nitriles is 1. The van der Waals surface area contributed by atoms with E-state index in [0.717, 1.165) is 6.07 Å². The van der Waals surface area contributed by atoms with Gasteiger partial charge in [0.2, 0.25) is 12.2 Å². The van der Waals surface area contributed by atoms with E-state index in [1.165, 1.54) is 24.5 Å².